The summed E-state index contributed by atoms with van der Waals surface area (Å²) in [5.74, 6) is 0.105. The molecule has 0 atom stereocenters. The van der Waals surface area contributed by atoms with Gasteiger partial charge in [0, 0.05) is 13.1 Å². The van der Waals surface area contributed by atoms with Gasteiger partial charge < -0.3 is 10.6 Å². The molecule has 0 unspecified atom stereocenters. The number of guanidine groups is 1. The van der Waals surface area contributed by atoms with Crippen LogP contribution in [0.4, 0.5) is 0 Å². The molecule has 3 heteroatoms. The summed E-state index contributed by atoms with van der Waals surface area (Å²) < 4.78 is 0. The van der Waals surface area contributed by atoms with Crippen LogP contribution in [0.5, 0.6) is 0 Å². The van der Waals surface area contributed by atoms with Gasteiger partial charge in [-0.05, 0) is 25.0 Å². The highest BCUT2D eigenvalue weighted by Crippen LogP contribution is 2.12. The minimum absolute atomic E-state index is 0.105. The summed E-state index contributed by atoms with van der Waals surface area (Å²) in [6.45, 7) is 5.46. The Morgan fingerprint density at radius 2 is 1.40 bits per heavy atom. The summed E-state index contributed by atoms with van der Waals surface area (Å²) in [6, 6.07) is 16.6. The van der Waals surface area contributed by atoms with Gasteiger partial charge in [0.1, 0.15) is 0 Å². The molecule has 3 nitrogen and oxygen atoms in total. The molecule has 0 fully saturated rings. The van der Waals surface area contributed by atoms with Gasteiger partial charge in [-0.25, -0.2) is 0 Å². The first kappa shape index (κ1) is 14.1. The van der Waals surface area contributed by atoms with E-state index in [0.717, 1.165) is 0 Å². The molecular weight excluding hydrogens is 246 g/mol. The van der Waals surface area contributed by atoms with Crippen LogP contribution in [0.25, 0.3) is 0 Å². The van der Waals surface area contributed by atoms with E-state index in [4.69, 9.17) is 11.1 Å². The first-order valence-electron chi connectivity index (χ1n) is 6.74. The van der Waals surface area contributed by atoms with Crippen molar-refractivity contribution in [2.75, 3.05) is 0 Å². The second-order valence-electron chi connectivity index (χ2n) is 5.22. The van der Waals surface area contributed by atoms with Gasteiger partial charge in [-0.15, -0.1) is 0 Å². The molecule has 0 aliphatic carbocycles. The van der Waals surface area contributed by atoms with Gasteiger partial charge in [0.2, 0.25) is 0 Å². The van der Waals surface area contributed by atoms with Crippen LogP contribution in [0.1, 0.15) is 22.3 Å². The minimum atomic E-state index is 0.105. The van der Waals surface area contributed by atoms with Gasteiger partial charge in [-0.3, -0.25) is 5.41 Å². The zero-order valence-electron chi connectivity index (χ0n) is 12.1. The number of hydrogen-bond acceptors (Lipinski definition) is 1. The zero-order chi connectivity index (χ0) is 14.5. The van der Waals surface area contributed by atoms with E-state index in [9.17, 15) is 0 Å². The molecule has 3 N–H and O–H groups in total. The minimum Gasteiger partial charge on any atom is -0.370 e. The largest absolute Gasteiger partial charge is 0.370 e. The Bertz CT molecular complexity index is 557. The zero-order valence-corrected chi connectivity index (χ0v) is 12.1. The van der Waals surface area contributed by atoms with E-state index in [-0.39, 0.29) is 5.96 Å². The van der Waals surface area contributed by atoms with E-state index >= 15 is 0 Å². The topological polar surface area (TPSA) is 53.1 Å². The van der Waals surface area contributed by atoms with E-state index in [1.807, 2.05) is 17.0 Å². The lowest BCUT2D eigenvalue weighted by Gasteiger charge is -2.23. The predicted molar refractivity (Wildman–Crippen MR) is 83.5 cm³/mol. The van der Waals surface area contributed by atoms with Gasteiger partial charge in [0.05, 0.1) is 0 Å². The van der Waals surface area contributed by atoms with Crippen LogP contribution in [0.3, 0.4) is 0 Å². The quantitative estimate of drug-likeness (QED) is 0.660. The average Bonchev–Trinajstić information content (AvgIpc) is 2.38. The third-order valence-corrected chi connectivity index (χ3v) is 3.25. The third-order valence-electron chi connectivity index (χ3n) is 3.25. The number of nitrogens with two attached hydrogens (primary N) is 1. The molecule has 20 heavy (non-hydrogen) atoms. The first-order chi connectivity index (χ1) is 9.54. The molecule has 0 amide bonds. The van der Waals surface area contributed by atoms with E-state index < -0.39 is 0 Å². The molecule has 2 rings (SSSR count). The average molecular weight is 267 g/mol. The molecule has 0 saturated heterocycles. The molecule has 0 aromatic heterocycles. The highest BCUT2D eigenvalue weighted by molar-refractivity contribution is 5.74. The molecule has 0 heterocycles. The van der Waals surface area contributed by atoms with Crippen molar-refractivity contribution in [2.45, 2.75) is 26.9 Å². The van der Waals surface area contributed by atoms with Crippen molar-refractivity contribution < 1.29 is 0 Å². The molecule has 2 aromatic carbocycles. The van der Waals surface area contributed by atoms with E-state index in [1.165, 1.54) is 22.3 Å². The number of rotatable bonds is 4. The maximum absolute atomic E-state index is 7.76. The molecule has 0 aliphatic rings. The second-order valence-corrected chi connectivity index (χ2v) is 5.22. The van der Waals surface area contributed by atoms with Crippen molar-refractivity contribution >= 4 is 5.96 Å². The van der Waals surface area contributed by atoms with Crippen LogP contribution >= 0.6 is 0 Å². The van der Waals surface area contributed by atoms with Gasteiger partial charge in [-0.1, -0.05) is 59.7 Å². The Morgan fingerprint density at radius 3 is 1.75 bits per heavy atom. The Kier molecular flexibility index (Phi) is 4.41. The summed E-state index contributed by atoms with van der Waals surface area (Å²) in [7, 11) is 0. The number of hydrogen-bond donors (Lipinski definition) is 2. The summed E-state index contributed by atoms with van der Waals surface area (Å²) in [4.78, 5) is 1.88. The maximum atomic E-state index is 7.76. The number of nitrogens with one attached hydrogen (secondary N) is 1. The second kappa shape index (κ2) is 6.24. The highest BCUT2D eigenvalue weighted by atomic mass is 15.2. The van der Waals surface area contributed by atoms with Crippen LogP contribution in [0.15, 0.2) is 48.5 Å². The SMILES string of the molecule is Cc1cccc(CN(Cc2cccc(C)c2)C(=N)N)c1. The standard InChI is InChI=1S/C17H21N3/c1-13-5-3-7-15(9-13)11-20(17(18)19)12-16-8-4-6-14(2)10-16/h3-10H,11-12H2,1-2H3,(H3,18,19). The summed E-state index contributed by atoms with van der Waals surface area (Å²) >= 11 is 0. The molecule has 0 spiro atoms. The van der Waals surface area contributed by atoms with Crippen LogP contribution in [0.2, 0.25) is 0 Å². The number of nitrogens with zero attached hydrogens (tertiary/aromatic N) is 1. The Hall–Kier alpha value is -2.29. The van der Waals surface area contributed by atoms with Crippen molar-refractivity contribution in [3.63, 3.8) is 0 Å². The maximum Gasteiger partial charge on any atom is 0.188 e. The molecule has 104 valence electrons. The lowest BCUT2D eigenvalue weighted by Crippen LogP contribution is -2.35. The van der Waals surface area contributed by atoms with Gasteiger partial charge in [0.15, 0.2) is 5.96 Å². The predicted octanol–water partition coefficient (Wildman–Crippen LogP) is 3.20. The number of benzene rings is 2. The molecular formula is C17H21N3. The lowest BCUT2D eigenvalue weighted by molar-refractivity contribution is 0.399. The number of aryl methyl sites for hydroxylation is 2. The summed E-state index contributed by atoms with van der Waals surface area (Å²) in [6.07, 6.45) is 0. The summed E-state index contributed by atoms with van der Waals surface area (Å²) in [5, 5.41) is 7.76. The van der Waals surface area contributed by atoms with Gasteiger partial charge in [-0.2, -0.15) is 0 Å². The van der Waals surface area contributed by atoms with Crippen molar-refractivity contribution in [3.8, 4) is 0 Å². The fraction of sp³-hybridized carbons (Fsp3) is 0.235. The van der Waals surface area contributed by atoms with Crippen molar-refractivity contribution in [2.24, 2.45) is 5.73 Å². The first-order valence-corrected chi connectivity index (χ1v) is 6.74. The lowest BCUT2D eigenvalue weighted by atomic mass is 10.1. The Morgan fingerprint density at radius 1 is 0.950 bits per heavy atom. The molecule has 0 aliphatic heterocycles. The van der Waals surface area contributed by atoms with Crippen LogP contribution < -0.4 is 5.73 Å². The van der Waals surface area contributed by atoms with Crippen LogP contribution in [0, 0.1) is 19.3 Å². The van der Waals surface area contributed by atoms with Crippen LogP contribution in [-0.4, -0.2) is 10.9 Å². The molecule has 2 aromatic rings. The summed E-state index contributed by atoms with van der Waals surface area (Å²) in [5.41, 5.74) is 10.5. The van der Waals surface area contributed by atoms with Crippen molar-refractivity contribution in [1.82, 2.24) is 4.90 Å². The van der Waals surface area contributed by atoms with E-state index in [2.05, 4.69) is 50.2 Å². The normalized spacial score (nSPS) is 10.3. The van der Waals surface area contributed by atoms with Crippen molar-refractivity contribution in [1.29, 1.82) is 5.41 Å². The van der Waals surface area contributed by atoms with Crippen LogP contribution in [-0.2, 0) is 13.1 Å². The van der Waals surface area contributed by atoms with Gasteiger partial charge in [0.25, 0.3) is 0 Å². The fourth-order valence-electron chi connectivity index (χ4n) is 2.29. The molecule has 0 bridgehead atoms. The Balaban J connectivity index is 2.13. The Labute approximate surface area is 120 Å². The third kappa shape index (κ3) is 3.85. The molecule has 0 radical (unpaired) electrons. The highest BCUT2D eigenvalue weighted by Gasteiger charge is 2.08. The smallest absolute Gasteiger partial charge is 0.188 e. The molecule has 0 saturated carbocycles. The van der Waals surface area contributed by atoms with Gasteiger partial charge >= 0.3 is 0 Å². The fourth-order valence-corrected chi connectivity index (χ4v) is 2.29. The van der Waals surface area contributed by atoms with E-state index in [0.29, 0.717) is 13.1 Å². The monoisotopic (exact) mass is 267 g/mol. The van der Waals surface area contributed by atoms with Crippen molar-refractivity contribution in [3.05, 3.63) is 70.8 Å². The van der Waals surface area contributed by atoms with E-state index in [1.54, 1.807) is 0 Å².